The number of hydrogen-bond donors (Lipinski definition) is 2. The summed E-state index contributed by atoms with van der Waals surface area (Å²) in [5.74, 6) is 2.11. The molecular weight excluding hydrogens is 463 g/mol. The van der Waals surface area contributed by atoms with Gasteiger partial charge in [-0.3, -0.25) is 4.99 Å². The number of hydrogen-bond acceptors (Lipinski definition) is 3. The van der Waals surface area contributed by atoms with Gasteiger partial charge in [-0.05, 0) is 49.4 Å². The van der Waals surface area contributed by atoms with Gasteiger partial charge in [-0.15, -0.1) is 24.0 Å². The van der Waals surface area contributed by atoms with Crippen LogP contribution < -0.4 is 10.6 Å². The van der Waals surface area contributed by atoms with Crippen molar-refractivity contribution in [1.29, 1.82) is 0 Å². The second kappa shape index (κ2) is 10.5. The van der Waals surface area contributed by atoms with Gasteiger partial charge in [0.25, 0.3) is 0 Å². The van der Waals surface area contributed by atoms with Gasteiger partial charge in [0.2, 0.25) is 10.0 Å². The summed E-state index contributed by atoms with van der Waals surface area (Å²) in [5, 5.41) is 6.96. The van der Waals surface area contributed by atoms with Gasteiger partial charge in [0.05, 0.1) is 6.26 Å². The minimum atomic E-state index is -3.04. The molecule has 1 heterocycles. The summed E-state index contributed by atoms with van der Waals surface area (Å²) in [6.07, 6.45) is 8.38. The zero-order valence-corrected chi connectivity index (χ0v) is 19.9. The molecule has 0 unspecified atom stereocenters. The number of rotatable bonds is 7. The predicted octanol–water partition coefficient (Wildman–Crippen LogP) is 2.66. The van der Waals surface area contributed by atoms with Gasteiger partial charge >= 0.3 is 0 Å². The Bertz CT molecular complexity index is 554. The minimum Gasteiger partial charge on any atom is -0.356 e. The second-order valence-corrected chi connectivity index (χ2v) is 10.3. The van der Waals surface area contributed by atoms with E-state index in [1.165, 1.54) is 31.9 Å². The van der Waals surface area contributed by atoms with Crippen LogP contribution in [-0.4, -0.2) is 58.2 Å². The Labute approximate surface area is 177 Å². The largest absolute Gasteiger partial charge is 0.356 e. The van der Waals surface area contributed by atoms with Gasteiger partial charge < -0.3 is 10.6 Å². The molecule has 6 nitrogen and oxygen atoms in total. The number of halogens is 1. The average molecular weight is 500 g/mol. The van der Waals surface area contributed by atoms with E-state index in [0.29, 0.717) is 24.4 Å². The molecule has 0 aromatic carbocycles. The first-order chi connectivity index (χ1) is 11.7. The summed E-state index contributed by atoms with van der Waals surface area (Å²) in [6.45, 7) is 7.72. The van der Waals surface area contributed by atoms with E-state index in [1.807, 2.05) is 7.05 Å². The van der Waals surface area contributed by atoms with E-state index < -0.39 is 10.0 Å². The lowest BCUT2D eigenvalue weighted by molar-refractivity contribution is 0.104. The second-order valence-electron chi connectivity index (χ2n) is 8.36. The molecule has 2 aliphatic rings. The third-order valence-electron chi connectivity index (χ3n) is 5.71. The Balaban J connectivity index is 0.00000338. The number of guanidine groups is 1. The molecule has 8 heteroatoms. The fourth-order valence-corrected chi connectivity index (χ4v) is 5.05. The van der Waals surface area contributed by atoms with Gasteiger partial charge in [0.15, 0.2) is 5.96 Å². The van der Waals surface area contributed by atoms with Crippen LogP contribution in [0.25, 0.3) is 0 Å². The Morgan fingerprint density at radius 3 is 2.27 bits per heavy atom. The molecular formula is C18H37IN4O2S. The maximum Gasteiger partial charge on any atom is 0.211 e. The van der Waals surface area contributed by atoms with Crippen LogP contribution in [0.3, 0.4) is 0 Å². The lowest BCUT2D eigenvalue weighted by Gasteiger charge is -2.43. The first-order valence-corrected chi connectivity index (χ1v) is 11.5. The van der Waals surface area contributed by atoms with Crippen molar-refractivity contribution in [3.05, 3.63) is 0 Å². The van der Waals surface area contributed by atoms with Crippen molar-refractivity contribution in [2.45, 2.75) is 52.4 Å². The topological polar surface area (TPSA) is 73.8 Å². The molecule has 1 saturated heterocycles. The number of nitrogens with zero attached hydrogens (tertiary/aromatic N) is 2. The van der Waals surface area contributed by atoms with Gasteiger partial charge in [0, 0.05) is 33.2 Å². The highest BCUT2D eigenvalue weighted by Crippen LogP contribution is 2.45. The van der Waals surface area contributed by atoms with E-state index in [0.717, 1.165) is 37.8 Å². The van der Waals surface area contributed by atoms with Crippen molar-refractivity contribution >= 4 is 40.0 Å². The summed E-state index contributed by atoms with van der Waals surface area (Å²) < 4.78 is 24.7. The summed E-state index contributed by atoms with van der Waals surface area (Å²) in [5.41, 5.74) is 0.451. The van der Waals surface area contributed by atoms with Crippen molar-refractivity contribution < 1.29 is 8.42 Å². The highest BCUT2D eigenvalue weighted by atomic mass is 127. The third kappa shape index (κ3) is 7.14. The standard InChI is InChI=1S/C18H36N4O2S.HI/c1-15(2)12-18(8-5-9-18)14-21-17(19-3)20-13-16-6-10-22(11-7-16)25(4,23)24;/h15-16H,5-14H2,1-4H3,(H2,19,20,21);1H. The fourth-order valence-electron chi connectivity index (χ4n) is 4.17. The smallest absolute Gasteiger partial charge is 0.211 e. The zero-order valence-electron chi connectivity index (χ0n) is 16.8. The molecule has 0 atom stereocenters. The molecule has 0 amide bonds. The molecule has 2 rings (SSSR count). The molecule has 0 bridgehead atoms. The lowest BCUT2D eigenvalue weighted by atomic mass is 9.64. The molecule has 0 aromatic heterocycles. The van der Waals surface area contributed by atoms with E-state index in [-0.39, 0.29) is 24.0 Å². The van der Waals surface area contributed by atoms with E-state index in [9.17, 15) is 8.42 Å². The zero-order chi connectivity index (χ0) is 18.5. The van der Waals surface area contributed by atoms with E-state index in [1.54, 1.807) is 4.31 Å². The van der Waals surface area contributed by atoms with Crippen molar-refractivity contribution in [2.24, 2.45) is 22.2 Å². The molecule has 26 heavy (non-hydrogen) atoms. The maximum absolute atomic E-state index is 11.6. The van der Waals surface area contributed by atoms with Crippen molar-refractivity contribution in [3.8, 4) is 0 Å². The SMILES string of the molecule is CN=C(NCC1CCN(S(C)(=O)=O)CC1)NCC1(CC(C)C)CCC1.I. The third-order valence-corrected chi connectivity index (χ3v) is 7.01. The molecule has 1 aliphatic carbocycles. The van der Waals surface area contributed by atoms with Gasteiger partial charge in [-0.25, -0.2) is 12.7 Å². The Kier molecular flexibility index (Phi) is 9.63. The highest BCUT2D eigenvalue weighted by Gasteiger charge is 2.37. The molecule has 0 spiro atoms. The Hall–Kier alpha value is -0.0900. The molecule has 1 aliphatic heterocycles. The Morgan fingerprint density at radius 1 is 1.23 bits per heavy atom. The van der Waals surface area contributed by atoms with Crippen LogP contribution in [0.15, 0.2) is 4.99 Å². The van der Waals surface area contributed by atoms with Crippen LogP contribution in [0.5, 0.6) is 0 Å². The average Bonchev–Trinajstić information content (AvgIpc) is 2.51. The number of aliphatic imine (C=N–C) groups is 1. The Morgan fingerprint density at radius 2 is 1.85 bits per heavy atom. The monoisotopic (exact) mass is 500 g/mol. The summed E-state index contributed by atoms with van der Waals surface area (Å²) in [4.78, 5) is 4.36. The molecule has 154 valence electrons. The summed E-state index contributed by atoms with van der Waals surface area (Å²) in [7, 11) is -1.22. The molecule has 0 radical (unpaired) electrons. The molecule has 2 fully saturated rings. The first-order valence-electron chi connectivity index (χ1n) is 9.64. The van der Waals surface area contributed by atoms with Crippen LogP contribution >= 0.6 is 24.0 Å². The van der Waals surface area contributed by atoms with E-state index >= 15 is 0 Å². The number of sulfonamides is 1. The summed E-state index contributed by atoms with van der Waals surface area (Å²) in [6, 6.07) is 0. The van der Waals surface area contributed by atoms with Crippen LogP contribution in [0, 0.1) is 17.3 Å². The van der Waals surface area contributed by atoms with Crippen LogP contribution in [0.1, 0.15) is 52.4 Å². The van der Waals surface area contributed by atoms with Gasteiger partial charge in [-0.1, -0.05) is 20.3 Å². The summed E-state index contributed by atoms with van der Waals surface area (Å²) >= 11 is 0. The lowest BCUT2D eigenvalue weighted by Crippen LogP contribution is -2.48. The normalized spacial score (nSPS) is 21.8. The van der Waals surface area contributed by atoms with Crippen LogP contribution in [0.4, 0.5) is 0 Å². The predicted molar refractivity (Wildman–Crippen MR) is 120 cm³/mol. The fraction of sp³-hybridized carbons (Fsp3) is 0.944. The van der Waals surface area contributed by atoms with Crippen LogP contribution in [-0.2, 0) is 10.0 Å². The van der Waals surface area contributed by atoms with Crippen molar-refractivity contribution in [3.63, 3.8) is 0 Å². The highest BCUT2D eigenvalue weighted by molar-refractivity contribution is 14.0. The quantitative estimate of drug-likeness (QED) is 0.320. The van der Waals surface area contributed by atoms with E-state index in [4.69, 9.17) is 0 Å². The van der Waals surface area contributed by atoms with Gasteiger partial charge in [-0.2, -0.15) is 0 Å². The maximum atomic E-state index is 11.6. The molecule has 2 N–H and O–H groups in total. The number of piperidine rings is 1. The van der Waals surface area contributed by atoms with Crippen molar-refractivity contribution in [1.82, 2.24) is 14.9 Å². The van der Waals surface area contributed by atoms with Crippen molar-refractivity contribution in [2.75, 3.05) is 39.5 Å². The molecule has 0 aromatic rings. The van der Waals surface area contributed by atoms with E-state index in [2.05, 4.69) is 29.5 Å². The molecule has 1 saturated carbocycles. The number of nitrogens with one attached hydrogen (secondary N) is 2. The van der Waals surface area contributed by atoms with Gasteiger partial charge in [0.1, 0.15) is 0 Å². The first kappa shape index (κ1) is 23.9. The van der Waals surface area contributed by atoms with Crippen LogP contribution in [0.2, 0.25) is 0 Å². The minimum absolute atomic E-state index is 0.